The first-order valence-electron chi connectivity index (χ1n) is 8.57. The van der Waals surface area contributed by atoms with Crippen LogP contribution in [0, 0.1) is 0 Å². The number of hydrogen-bond acceptors (Lipinski definition) is 5. The Labute approximate surface area is 152 Å². The van der Waals surface area contributed by atoms with E-state index in [0.29, 0.717) is 13.1 Å². The van der Waals surface area contributed by atoms with Gasteiger partial charge in [0.15, 0.2) is 0 Å². The van der Waals surface area contributed by atoms with E-state index in [1.54, 1.807) is 0 Å². The van der Waals surface area contributed by atoms with Gasteiger partial charge in [0.05, 0.1) is 13.7 Å². The molecule has 0 bridgehead atoms. The molecule has 2 N–H and O–H groups in total. The molecule has 0 fully saturated rings. The second-order valence-corrected chi connectivity index (χ2v) is 6.01. The number of methoxy groups -OCH3 is 1. The minimum atomic E-state index is -0.466. The summed E-state index contributed by atoms with van der Waals surface area (Å²) in [5.74, 6) is -0.295. The zero-order chi connectivity index (χ0) is 18.4. The Balaban J connectivity index is 1.50. The molecule has 0 aliphatic heterocycles. The van der Waals surface area contributed by atoms with E-state index in [-0.39, 0.29) is 25.0 Å². The Morgan fingerprint density at radius 3 is 2.19 bits per heavy atom. The number of esters is 1. The zero-order valence-corrected chi connectivity index (χ0v) is 14.7. The normalized spacial score (nSPS) is 12.2. The molecule has 0 radical (unpaired) electrons. The first kappa shape index (κ1) is 17.9. The van der Waals surface area contributed by atoms with Crippen molar-refractivity contribution in [1.29, 1.82) is 0 Å². The molecule has 6 nitrogen and oxygen atoms in total. The summed E-state index contributed by atoms with van der Waals surface area (Å²) < 4.78 is 9.94. The highest BCUT2D eigenvalue weighted by molar-refractivity contribution is 5.79. The number of hydrogen-bond donors (Lipinski definition) is 2. The number of ether oxygens (including phenoxy) is 2. The van der Waals surface area contributed by atoms with Crippen molar-refractivity contribution in [3.8, 4) is 11.1 Å². The van der Waals surface area contributed by atoms with E-state index in [1.165, 1.54) is 29.4 Å². The van der Waals surface area contributed by atoms with E-state index >= 15 is 0 Å². The number of amides is 1. The molecule has 0 spiro atoms. The summed E-state index contributed by atoms with van der Waals surface area (Å²) in [4.78, 5) is 22.9. The number of carbonyl (C=O) groups excluding carboxylic acids is 2. The summed E-state index contributed by atoms with van der Waals surface area (Å²) >= 11 is 0. The Morgan fingerprint density at radius 2 is 1.58 bits per heavy atom. The summed E-state index contributed by atoms with van der Waals surface area (Å²) in [5.41, 5.74) is 4.76. The van der Waals surface area contributed by atoms with Gasteiger partial charge in [-0.1, -0.05) is 48.5 Å². The van der Waals surface area contributed by atoms with Gasteiger partial charge < -0.3 is 20.1 Å². The van der Waals surface area contributed by atoms with Gasteiger partial charge in [-0.3, -0.25) is 4.79 Å². The zero-order valence-electron chi connectivity index (χ0n) is 14.7. The molecular weight excluding hydrogens is 332 g/mol. The third-order valence-corrected chi connectivity index (χ3v) is 4.41. The van der Waals surface area contributed by atoms with E-state index in [9.17, 15) is 9.59 Å². The van der Waals surface area contributed by atoms with Crippen molar-refractivity contribution >= 4 is 12.1 Å². The molecule has 0 heterocycles. The van der Waals surface area contributed by atoms with Crippen LogP contribution in [0.5, 0.6) is 0 Å². The number of benzene rings is 2. The highest BCUT2D eigenvalue weighted by atomic mass is 16.5. The third kappa shape index (κ3) is 4.03. The van der Waals surface area contributed by atoms with Crippen LogP contribution < -0.4 is 10.6 Å². The maximum Gasteiger partial charge on any atom is 0.407 e. The summed E-state index contributed by atoms with van der Waals surface area (Å²) in [6.07, 6.45) is -0.466. The first-order valence-corrected chi connectivity index (χ1v) is 8.57. The first-order chi connectivity index (χ1) is 12.7. The quantitative estimate of drug-likeness (QED) is 0.589. The van der Waals surface area contributed by atoms with Gasteiger partial charge in [-0.15, -0.1) is 0 Å². The van der Waals surface area contributed by atoms with Crippen LogP contribution in [-0.2, 0) is 14.3 Å². The standard InChI is InChI=1S/C20H22N2O4/c1-25-19(23)12-21-10-11-22-20(24)26-13-18-16-8-4-2-6-14(16)15-7-3-5-9-17(15)18/h2-9,18,21H,10-13H2,1H3,(H,22,24). The highest BCUT2D eigenvalue weighted by Crippen LogP contribution is 2.44. The predicted molar refractivity (Wildman–Crippen MR) is 98.0 cm³/mol. The second-order valence-electron chi connectivity index (χ2n) is 6.01. The van der Waals surface area contributed by atoms with Gasteiger partial charge >= 0.3 is 12.1 Å². The van der Waals surface area contributed by atoms with Gasteiger partial charge in [-0.05, 0) is 22.3 Å². The Kier molecular flexibility index (Phi) is 5.86. The molecule has 0 saturated carbocycles. The lowest BCUT2D eigenvalue weighted by Gasteiger charge is -2.14. The lowest BCUT2D eigenvalue weighted by atomic mass is 9.98. The molecule has 0 unspecified atom stereocenters. The van der Waals surface area contributed by atoms with Crippen LogP contribution in [0.3, 0.4) is 0 Å². The summed E-state index contributed by atoms with van der Waals surface area (Å²) in [6.45, 7) is 1.23. The maximum absolute atomic E-state index is 11.9. The molecule has 0 saturated heterocycles. The molecule has 26 heavy (non-hydrogen) atoms. The number of fused-ring (bicyclic) bond motifs is 3. The molecule has 2 aromatic rings. The lowest BCUT2D eigenvalue weighted by Crippen LogP contribution is -2.35. The van der Waals surface area contributed by atoms with Crippen molar-refractivity contribution < 1.29 is 19.1 Å². The van der Waals surface area contributed by atoms with Crippen molar-refractivity contribution in [2.24, 2.45) is 0 Å². The fourth-order valence-electron chi connectivity index (χ4n) is 3.17. The number of rotatable bonds is 7. The maximum atomic E-state index is 11.9. The molecule has 1 aliphatic rings. The molecule has 6 heteroatoms. The molecule has 0 aromatic heterocycles. The van der Waals surface area contributed by atoms with Gasteiger partial charge in [-0.2, -0.15) is 0 Å². The van der Waals surface area contributed by atoms with E-state index in [4.69, 9.17) is 4.74 Å². The average Bonchev–Trinajstić information content (AvgIpc) is 3.00. The van der Waals surface area contributed by atoms with Crippen molar-refractivity contribution in [3.63, 3.8) is 0 Å². The number of nitrogens with one attached hydrogen (secondary N) is 2. The molecule has 3 rings (SSSR count). The predicted octanol–water partition coefficient (Wildman–Crippen LogP) is 2.29. The van der Waals surface area contributed by atoms with Gasteiger partial charge in [0, 0.05) is 19.0 Å². The highest BCUT2D eigenvalue weighted by Gasteiger charge is 2.28. The van der Waals surface area contributed by atoms with Crippen LogP contribution in [0.2, 0.25) is 0 Å². The summed E-state index contributed by atoms with van der Waals surface area (Å²) in [5, 5.41) is 5.54. The van der Waals surface area contributed by atoms with E-state index < -0.39 is 6.09 Å². The minimum Gasteiger partial charge on any atom is -0.468 e. The average molecular weight is 354 g/mol. The SMILES string of the molecule is COC(=O)CNCCNC(=O)OCC1c2ccccc2-c2ccccc21. The minimum absolute atomic E-state index is 0.0469. The topological polar surface area (TPSA) is 76.7 Å². The van der Waals surface area contributed by atoms with Crippen molar-refractivity contribution in [2.75, 3.05) is 33.4 Å². The molecule has 2 aromatic carbocycles. The van der Waals surface area contributed by atoms with Crippen LogP contribution in [0.15, 0.2) is 48.5 Å². The Morgan fingerprint density at radius 1 is 0.962 bits per heavy atom. The molecule has 136 valence electrons. The van der Waals surface area contributed by atoms with Crippen LogP contribution in [0.25, 0.3) is 11.1 Å². The molecule has 0 atom stereocenters. The van der Waals surface area contributed by atoms with Crippen LogP contribution in [0.1, 0.15) is 17.0 Å². The number of carbonyl (C=O) groups is 2. The Hall–Kier alpha value is -2.86. The van der Waals surface area contributed by atoms with Crippen LogP contribution in [-0.4, -0.2) is 45.4 Å². The van der Waals surface area contributed by atoms with Gasteiger partial charge in [-0.25, -0.2) is 4.79 Å². The van der Waals surface area contributed by atoms with E-state index in [1.807, 2.05) is 24.3 Å². The van der Waals surface area contributed by atoms with Crippen molar-refractivity contribution in [1.82, 2.24) is 10.6 Å². The monoisotopic (exact) mass is 354 g/mol. The van der Waals surface area contributed by atoms with Crippen LogP contribution >= 0.6 is 0 Å². The van der Waals surface area contributed by atoms with E-state index in [0.717, 1.165) is 0 Å². The third-order valence-electron chi connectivity index (χ3n) is 4.41. The molecular formula is C20H22N2O4. The summed E-state index contributed by atoms with van der Waals surface area (Å²) in [7, 11) is 1.33. The van der Waals surface area contributed by atoms with Gasteiger partial charge in [0.25, 0.3) is 0 Å². The summed E-state index contributed by atoms with van der Waals surface area (Å²) in [6, 6.07) is 16.4. The largest absolute Gasteiger partial charge is 0.468 e. The molecule has 1 aliphatic carbocycles. The smallest absolute Gasteiger partial charge is 0.407 e. The van der Waals surface area contributed by atoms with Gasteiger partial charge in [0.2, 0.25) is 0 Å². The van der Waals surface area contributed by atoms with E-state index in [2.05, 4.69) is 39.6 Å². The fourth-order valence-corrected chi connectivity index (χ4v) is 3.17. The van der Waals surface area contributed by atoms with Crippen LogP contribution in [0.4, 0.5) is 4.79 Å². The molecule has 1 amide bonds. The van der Waals surface area contributed by atoms with Crippen molar-refractivity contribution in [3.05, 3.63) is 59.7 Å². The Bertz CT molecular complexity index is 745. The lowest BCUT2D eigenvalue weighted by molar-refractivity contribution is -0.139. The van der Waals surface area contributed by atoms with Crippen molar-refractivity contribution in [2.45, 2.75) is 5.92 Å². The van der Waals surface area contributed by atoms with Gasteiger partial charge in [0.1, 0.15) is 6.61 Å². The fraction of sp³-hybridized carbons (Fsp3) is 0.300. The number of alkyl carbamates (subject to hydrolysis) is 1. The second kappa shape index (κ2) is 8.49.